The third-order valence-corrected chi connectivity index (χ3v) is 16.6. The molecule has 3 aliphatic carbocycles. The van der Waals surface area contributed by atoms with Crippen LogP contribution in [0.1, 0.15) is 87.4 Å². The van der Waals surface area contributed by atoms with E-state index in [0.717, 1.165) is 6.42 Å². The van der Waals surface area contributed by atoms with Gasteiger partial charge in [0.05, 0.1) is 0 Å². The normalized spacial score (nSPS) is 16.6. The standard InChI is InChI=1S/C65H54/c1-37(2)65(38(3)4)58-24-14-22-46-45-29-26-42(34-53(45)51-23-15-25-59(65)63(51)62(46)58)43-27-30-56-54(35-43)55-36-44(28-31-57(55)64(56,6)7)60-47-18-10-12-20-49(47)61(50-21-13-11-19-48(50)60)52-33-41-17-9-8-16-40(41)32-39(52)5/h8-31,33-39H,32H2,1-7H3. The zero-order valence-electron chi connectivity index (χ0n) is 38.6. The number of rotatable bonds is 5. The number of fused-ring (bicyclic) bond motifs is 9. The molecular formula is C65H54. The van der Waals surface area contributed by atoms with Crippen molar-refractivity contribution in [1.29, 1.82) is 0 Å². The Labute approximate surface area is 383 Å². The third-order valence-electron chi connectivity index (χ3n) is 16.6. The molecule has 0 saturated heterocycles. The first-order valence-corrected chi connectivity index (χ1v) is 24.0. The smallest absolute Gasteiger partial charge is 0.0261 e. The van der Waals surface area contributed by atoms with Crippen molar-refractivity contribution in [2.75, 3.05) is 0 Å². The minimum atomic E-state index is -0.114. The topological polar surface area (TPSA) is 0 Å². The predicted molar refractivity (Wildman–Crippen MR) is 280 cm³/mol. The van der Waals surface area contributed by atoms with E-state index in [1.54, 1.807) is 0 Å². The molecule has 0 aromatic heterocycles. The lowest BCUT2D eigenvalue weighted by Crippen LogP contribution is -2.37. The van der Waals surface area contributed by atoms with E-state index >= 15 is 0 Å². The van der Waals surface area contributed by atoms with Gasteiger partial charge in [-0.05, 0) is 174 Å². The maximum absolute atomic E-state index is 2.52. The van der Waals surface area contributed by atoms with E-state index in [1.807, 2.05) is 0 Å². The van der Waals surface area contributed by atoms with Gasteiger partial charge in [-0.2, -0.15) is 0 Å². The van der Waals surface area contributed by atoms with Crippen LogP contribution in [-0.4, -0.2) is 0 Å². The summed E-state index contributed by atoms with van der Waals surface area (Å²) in [5.74, 6) is 1.36. The van der Waals surface area contributed by atoms with Gasteiger partial charge in [-0.15, -0.1) is 0 Å². The average Bonchev–Trinajstić information content (AvgIpc) is 3.76. The van der Waals surface area contributed by atoms with Crippen molar-refractivity contribution in [3.05, 3.63) is 203 Å². The summed E-state index contributed by atoms with van der Waals surface area (Å²) in [5.41, 5.74) is 19.1. The van der Waals surface area contributed by atoms with Gasteiger partial charge in [0, 0.05) is 10.8 Å². The summed E-state index contributed by atoms with van der Waals surface area (Å²) in [4.78, 5) is 0. The fraction of sp³-hybridized carbons (Fsp3) is 0.200. The summed E-state index contributed by atoms with van der Waals surface area (Å²) in [6.45, 7) is 16.9. The van der Waals surface area contributed by atoms with Gasteiger partial charge in [0.1, 0.15) is 0 Å². The number of benzene rings is 10. The van der Waals surface area contributed by atoms with Gasteiger partial charge in [0.2, 0.25) is 0 Å². The van der Waals surface area contributed by atoms with E-state index in [2.05, 4.69) is 218 Å². The summed E-state index contributed by atoms with van der Waals surface area (Å²) in [7, 11) is 0. The van der Waals surface area contributed by atoms with Gasteiger partial charge < -0.3 is 0 Å². The maximum Gasteiger partial charge on any atom is 0.0261 e. The summed E-state index contributed by atoms with van der Waals surface area (Å²) in [6, 6.07) is 63.4. The quantitative estimate of drug-likeness (QED) is 0.120. The Kier molecular flexibility index (Phi) is 8.11. The van der Waals surface area contributed by atoms with Crippen LogP contribution in [0.2, 0.25) is 0 Å². The van der Waals surface area contributed by atoms with Crippen molar-refractivity contribution in [3.63, 3.8) is 0 Å². The molecule has 0 fully saturated rings. The highest BCUT2D eigenvalue weighted by Crippen LogP contribution is 2.58. The van der Waals surface area contributed by atoms with E-state index in [4.69, 9.17) is 0 Å². The molecule has 0 radical (unpaired) electrons. The number of hydrogen-bond acceptors (Lipinski definition) is 0. The maximum atomic E-state index is 2.52. The molecule has 0 N–H and O–H groups in total. The average molecular weight is 835 g/mol. The second-order valence-corrected chi connectivity index (χ2v) is 20.8. The molecule has 0 amide bonds. The summed E-state index contributed by atoms with van der Waals surface area (Å²) < 4.78 is 0. The highest BCUT2D eigenvalue weighted by molar-refractivity contribution is 6.29. The zero-order valence-corrected chi connectivity index (χ0v) is 38.6. The molecule has 13 rings (SSSR count). The van der Waals surface area contributed by atoms with Crippen molar-refractivity contribution in [3.8, 4) is 33.4 Å². The van der Waals surface area contributed by atoms with E-state index in [-0.39, 0.29) is 10.8 Å². The lowest BCUT2D eigenvalue weighted by atomic mass is 9.62. The van der Waals surface area contributed by atoms with E-state index in [1.165, 1.54) is 132 Å². The van der Waals surface area contributed by atoms with Crippen molar-refractivity contribution in [1.82, 2.24) is 0 Å². The van der Waals surface area contributed by atoms with Crippen molar-refractivity contribution in [2.24, 2.45) is 17.8 Å². The van der Waals surface area contributed by atoms with Gasteiger partial charge in [-0.25, -0.2) is 0 Å². The zero-order chi connectivity index (χ0) is 44.1. The minimum Gasteiger partial charge on any atom is -0.0620 e. The molecular weight excluding hydrogens is 781 g/mol. The molecule has 0 heteroatoms. The van der Waals surface area contributed by atoms with Crippen molar-refractivity contribution >= 4 is 65.5 Å². The fourth-order valence-electron chi connectivity index (χ4n) is 13.8. The van der Waals surface area contributed by atoms with Crippen molar-refractivity contribution < 1.29 is 0 Å². The highest BCUT2D eigenvalue weighted by Gasteiger charge is 2.47. The molecule has 0 spiro atoms. The Bertz CT molecular complexity index is 3670. The lowest BCUT2D eigenvalue weighted by Gasteiger charge is -2.40. The van der Waals surface area contributed by atoms with Crippen LogP contribution in [0.25, 0.3) is 98.9 Å². The first-order chi connectivity index (χ1) is 31.6. The van der Waals surface area contributed by atoms with Gasteiger partial charge in [0.25, 0.3) is 0 Å². The molecule has 314 valence electrons. The predicted octanol–water partition coefficient (Wildman–Crippen LogP) is 17.7. The molecule has 3 aliphatic rings. The molecule has 0 saturated carbocycles. The fourth-order valence-corrected chi connectivity index (χ4v) is 13.8. The molecule has 0 nitrogen and oxygen atoms in total. The number of hydrogen-bond donors (Lipinski definition) is 0. The molecule has 10 aromatic rings. The lowest BCUT2D eigenvalue weighted by molar-refractivity contribution is 0.281. The van der Waals surface area contributed by atoms with Gasteiger partial charge in [-0.1, -0.05) is 200 Å². The number of allylic oxidation sites excluding steroid dienone is 1. The minimum absolute atomic E-state index is 0.0142. The molecule has 0 heterocycles. The Balaban J connectivity index is 0.988. The van der Waals surface area contributed by atoms with Crippen LogP contribution < -0.4 is 0 Å². The Hall–Kier alpha value is -6.76. The van der Waals surface area contributed by atoms with E-state index in [9.17, 15) is 0 Å². The molecule has 10 aromatic carbocycles. The molecule has 65 heavy (non-hydrogen) atoms. The van der Waals surface area contributed by atoms with Crippen LogP contribution in [0.15, 0.2) is 164 Å². The molecule has 1 unspecified atom stereocenters. The van der Waals surface area contributed by atoms with Crippen LogP contribution in [0, 0.1) is 17.8 Å². The second kappa shape index (κ2) is 13.6. The largest absolute Gasteiger partial charge is 0.0620 e. The van der Waals surface area contributed by atoms with E-state index in [0.29, 0.717) is 17.8 Å². The van der Waals surface area contributed by atoms with Crippen molar-refractivity contribution in [2.45, 2.75) is 65.7 Å². The van der Waals surface area contributed by atoms with Crippen LogP contribution in [0.4, 0.5) is 0 Å². The Morgan fingerprint density at radius 3 is 1.54 bits per heavy atom. The molecule has 1 atom stereocenters. The monoisotopic (exact) mass is 834 g/mol. The van der Waals surface area contributed by atoms with Crippen LogP contribution in [0.3, 0.4) is 0 Å². The highest BCUT2D eigenvalue weighted by atomic mass is 14.5. The third kappa shape index (κ3) is 5.09. The molecule has 0 bridgehead atoms. The van der Waals surface area contributed by atoms with Gasteiger partial charge in [0.15, 0.2) is 0 Å². The summed E-state index contributed by atoms with van der Waals surface area (Å²) in [5, 5.41) is 13.7. The van der Waals surface area contributed by atoms with Crippen LogP contribution >= 0.6 is 0 Å². The van der Waals surface area contributed by atoms with Crippen LogP contribution in [0.5, 0.6) is 0 Å². The first-order valence-electron chi connectivity index (χ1n) is 24.0. The molecule has 0 aliphatic heterocycles. The van der Waals surface area contributed by atoms with Crippen LogP contribution in [-0.2, 0) is 17.3 Å². The summed E-state index contributed by atoms with van der Waals surface area (Å²) in [6.07, 6.45) is 3.52. The van der Waals surface area contributed by atoms with E-state index < -0.39 is 0 Å². The first kappa shape index (κ1) is 38.7. The Morgan fingerprint density at radius 2 is 0.923 bits per heavy atom. The summed E-state index contributed by atoms with van der Waals surface area (Å²) >= 11 is 0. The Morgan fingerprint density at radius 1 is 0.431 bits per heavy atom. The van der Waals surface area contributed by atoms with Gasteiger partial charge in [-0.3, -0.25) is 0 Å². The van der Waals surface area contributed by atoms with Gasteiger partial charge >= 0.3 is 0 Å². The SMILES string of the molecule is CC1Cc2ccccc2C=C1c1c2ccccc2c(-c2ccc3c(c2)-c2cc(-c4ccc5c(c4)c4cccc6c4c4c(cccc54)C6(C(C)C)C(C)C)ccc2C3(C)C)c2ccccc12. The second-order valence-electron chi connectivity index (χ2n) is 20.8.